The number of aryl methyl sites for hydroxylation is 1. The molecule has 5 nitrogen and oxygen atoms in total. The van der Waals surface area contributed by atoms with Gasteiger partial charge >= 0.3 is 0 Å². The highest BCUT2D eigenvalue weighted by atomic mass is 32.1. The Balaban J connectivity index is 2.77. The number of carbonyl (C=O) groups excluding carboxylic acids is 1. The number of hydrogen-bond donors (Lipinski definition) is 2. The van der Waals surface area contributed by atoms with E-state index < -0.39 is 0 Å². The molecule has 1 heterocycles. The van der Waals surface area contributed by atoms with Gasteiger partial charge in [0.2, 0.25) is 0 Å². The van der Waals surface area contributed by atoms with Crippen LogP contribution < -0.4 is 10.2 Å². The van der Waals surface area contributed by atoms with Gasteiger partial charge in [-0.05, 0) is 19.8 Å². The van der Waals surface area contributed by atoms with Gasteiger partial charge in [-0.1, -0.05) is 18.3 Å². The number of hydrogen-bond acceptors (Lipinski definition) is 5. The number of aromatic nitrogens is 1. The average molecular weight is 271 g/mol. The zero-order chi connectivity index (χ0) is 13.7. The van der Waals surface area contributed by atoms with E-state index in [-0.39, 0.29) is 18.6 Å². The van der Waals surface area contributed by atoms with Crippen LogP contribution in [0.15, 0.2) is 0 Å². The molecule has 6 heteroatoms. The fraction of sp³-hybridized carbons (Fsp3) is 0.667. The molecule has 0 aliphatic carbocycles. The van der Waals surface area contributed by atoms with Crippen LogP contribution in [0.25, 0.3) is 0 Å². The zero-order valence-electron chi connectivity index (χ0n) is 11.4. The van der Waals surface area contributed by atoms with Gasteiger partial charge in [0.15, 0.2) is 5.13 Å². The minimum Gasteiger partial charge on any atom is -0.396 e. The summed E-state index contributed by atoms with van der Waals surface area (Å²) < 4.78 is 0. The summed E-state index contributed by atoms with van der Waals surface area (Å²) in [5.41, 5.74) is 0.750. The van der Waals surface area contributed by atoms with Crippen LogP contribution in [0.5, 0.6) is 0 Å². The summed E-state index contributed by atoms with van der Waals surface area (Å²) in [5.74, 6) is -0.0987. The second-order valence-electron chi connectivity index (χ2n) is 4.40. The summed E-state index contributed by atoms with van der Waals surface area (Å²) in [6, 6.07) is 0.0202. The molecule has 0 fully saturated rings. The monoisotopic (exact) mass is 271 g/mol. The lowest BCUT2D eigenvalue weighted by atomic mass is 10.1. The standard InChI is InChI=1S/C12H21N3O2S/c1-5-9(6-7-16)14-11(17)10-8(2)13-12(18-10)15(3)4/h9,16H,5-7H2,1-4H3,(H,14,17). The van der Waals surface area contributed by atoms with Gasteiger partial charge in [-0.15, -0.1) is 0 Å². The molecular formula is C12H21N3O2S. The molecule has 0 radical (unpaired) electrons. The highest BCUT2D eigenvalue weighted by Crippen LogP contribution is 2.24. The Kier molecular flexibility index (Phi) is 5.55. The molecule has 0 aliphatic heterocycles. The van der Waals surface area contributed by atoms with Crippen molar-refractivity contribution in [1.82, 2.24) is 10.3 Å². The normalized spacial score (nSPS) is 12.3. The first-order valence-corrected chi connectivity index (χ1v) is 6.87. The smallest absolute Gasteiger partial charge is 0.263 e. The SMILES string of the molecule is CCC(CCO)NC(=O)c1sc(N(C)C)nc1C. The summed E-state index contributed by atoms with van der Waals surface area (Å²) in [4.78, 5) is 19.0. The largest absolute Gasteiger partial charge is 0.396 e. The lowest BCUT2D eigenvalue weighted by Crippen LogP contribution is -2.34. The first-order chi connectivity index (χ1) is 8.49. The number of nitrogens with zero attached hydrogens (tertiary/aromatic N) is 2. The third-order valence-corrected chi connectivity index (χ3v) is 4.00. The zero-order valence-corrected chi connectivity index (χ0v) is 12.2. The number of amides is 1. The Labute approximate surface area is 112 Å². The Morgan fingerprint density at radius 2 is 2.22 bits per heavy atom. The highest BCUT2D eigenvalue weighted by Gasteiger charge is 2.18. The Morgan fingerprint density at radius 3 is 2.67 bits per heavy atom. The summed E-state index contributed by atoms with van der Waals surface area (Å²) in [6.45, 7) is 3.92. The van der Waals surface area contributed by atoms with Crippen molar-refractivity contribution in [2.45, 2.75) is 32.7 Å². The Bertz CT molecular complexity index is 404. The molecule has 1 unspecified atom stereocenters. The predicted molar refractivity (Wildman–Crippen MR) is 74.4 cm³/mol. The Hall–Kier alpha value is -1.14. The number of thiazole rings is 1. The van der Waals surface area contributed by atoms with Gasteiger partial charge < -0.3 is 15.3 Å². The third-order valence-electron chi connectivity index (χ3n) is 2.68. The van der Waals surface area contributed by atoms with Crippen molar-refractivity contribution in [2.75, 3.05) is 25.6 Å². The molecule has 1 atom stereocenters. The molecule has 2 N–H and O–H groups in total. The van der Waals surface area contributed by atoms with Crippen molar-refractivity contribution < 1.29 is 9.90 Å². The van der Waals surface area contributed by atoms with E-state index in [0.717, 1.165) is 17.2 Å². The molecule has 0 saturated carbocycles. The first-order valence-electron chi connectivity index (χ1n) is 6.06. The lowest BCUT2D eigenvalue weighted by molar-refractivity contribution is 0.0932. The quantitative estimate of drug-likeness (QED) is 0.821. The van der Waals surface area contributed by atoms with E-state index >= 15 is 0 Å². The number of nitrogens with one attached hydrogen (secondary N) is 1. The van der Waals surface area contributed by atoms with E-state index in [0.29, 0.717) is 11.3 Å². The molecule has 1 amide bonds. The highest BCUT2D eigenvalue weighted by molar-refractivity contribution is 7.17. The van der Waals surface area contributed by atoms with E-state index in [4.69, 9.17) is 5.11 Å². The van der Waals surface area contributed by atoms with Crippen molar-refractivity contribution in [3.63, 3.8) is 0 Å². The molecule has 1 rings (SSSR count). The second kappa shape index (κ2) is 6.70. The number of anilines is 1. The van der Waals surface area contributed by atoms with Crippen molar-refractivity contribution in [3.8, 4) is 0 Å². The second-order valence-corrected chi connectivity index (χ2v) is 5.37. The van der Waals surface area contributed by atoms with Crippen LogP contribution >= 0.6 is 11.3 Å². The van der Waals surface area contributed by atoms with Crippen LogP contribution in [0.4, 0.5) is 5.13 Å². The fourth-order valence-electron chi connectivity index (χ4n) is 1.57. The number of rotatable bonds is 6. The maximum Gasteiger partial charge on any atom is 0.263 e. The molecule has 18 heavy (non-hydrogen) atoms. The van der Waals surface area contributed by atoms with Crippen molar-refractivity contribution in [1.29, 1.82) is 0 Å². The van der Waals surface area contributed by atoms with E-state index in [1.165, 1.54) is 11.3 Å². The van der Waals surface area contributed by atoms with Gasteiger partial charge in [-0.2, -0.15) is 0 Å². The molecule has 0 saturated heterocycles. The van der Waals surface area contributed by atoms with Crippen molar-refractivity contribution in [2.24, 2.45) is 0 Å². The van der Waals surface area contributed by atoms with Gasteiger partial charge in [-0.3, -0.25) is 4.79 Å². The Morgan fingerprint density at radius 1 is 1.56 bits per heavy atom. The summed E-state index contributed by atoms with van der Waals surface area (Å²) in [7, 11) is 3.81. The van der Waals surface area contributed by atoms with Gasteiger partial charge in [0.05, 0.1) is 5.69 Å². The summed E-state index contributed by atoms with van der Waals surface area (Å²) in [6.07, 6.45) is 1.39. The summed E-state index contributed by atoms with van der Waals surface area (Å²) >= 11 is 1.39. The molecule has 0 bridgehead atoms. The van der Waals surface area contributed by atoms with E-state index in [9.17, 15) is 4.79 Å². The number of carbonyl (C=O) groups is 1. The molecule has 1 aromatic heterocycles. The maximum absolute atomic E-state index is 12.1. The molecule has 0 spiro atoms. The third kappa shape index (κ3) is 3.68. The van der Waals surface area contributed by atoms with E-state index in [1.807, 2.05) is 32.8 Å². The number of aliphatic hydroxyl groups is 1. The molecule has 1 aromatic rings. The lowest BCUT2D eigenvalue weighted by Gasteiger charge is -2.15. The topological polar surface area (TPSA) is 65.5 Å². The fourth-order valence-corrected chi connectivity index (χ4v) is 2.46. The minimum absolute atomic E-state index is 0.0202. The minimum atomic E-state index is -0.0987. The first kappa shape index (κ1) is 14.9. The van der Waals surface area contributed by atoms with E-state index in [1.54, 1.807) is 0 Å². The van der Waals surface area contributed by atoms with Crippen molar-refractivity contribution in [3.05, 3.63) is 10.6 Å². The molecule has 0 aromatic carbocycles. The van der Waals surface area contributed by atoms with E-state index in [2.05, 4.69) is 10.3 Å². The van der Waals surface area contributed by atoms with Gasteiger partial charge in [0.25, 0.3) is 5.91 Å². The maximum atomic E-state index is 12.1. The van der Waals surface area contributed by atoms with Crippen molar-refractivity contribution >= 4 is 22.4 Å². The molecule has 102 valence electrons. The molecular weight excluding hydrogens is 250 g/mol. The number of aliphatic hydroxyl groups excluding tert-OH is 1. The predicted octanol–water partition coefficient (Wildman–Crippen LogP) is 1.41. The van der Waals surface area contributed by atoms with Gasteiger partial charge in [0, 0.05) is 26.7 Å². The van der Waals surface area contributed by atoms with Crippen LogP contribution in [-0.4, -0.2) is 42.7 Å². The van der Waals surface area contributed by atoms with Crippen LogP contribution in [0, 0.1) is 6.92 Å². The van der Waals surface area contributed by atoms with Gasteiger partial charge in [0.1, 0.15) is 4.88 Å². The van der Waals surface area contributed by atoms with Crippen LogP contribution in [-0.2, 0) is 0 Å². The molecule has 0 aliphatic rings. The van der Waals surface area contributed by atoms with Crippen LogP contribution in [0.1, 0.15) is 35.1 Å². The summed E-state index contributed by atoms with van der Waals surface area (Å²) in [5, 5.41) is 12.7. The van der Waals surface area contributed by atoms with Crippen LogP contribution in [0.2, 0.25) is 0 Å². The van der Waals surface area contributed by atoms with Crippen LogP contribution in [0.3, 0.4) is 0 Å². The average Bonchev–Trinajstić information content (AvgIpc) is 2.71. The van der Waals surface area contributed by atoms with Gasteiger partial charge in [-0.25, -0.2) is 4.98 Å².